The zero-order valence-corrected chi connectivity index (χ0v) is 16.0. The van der Waals surface area contributed by atoms with Gasteiger partial charge in [0.1, 0.15) is 5.82 Å². The van der Waals surface area contributed by atoms with Gasteiger partial charge in [-0.1, -0.05) is 13.0 Å². The number of fused-ring (bicyclic) bond motifs is 3. The van der Waals surface area contributed by atoms with Crippen LogP contribution in [0.5, 0.6) is 0 Å². The molecule has 2 heterocycles. The molecule has 7 heteroatoms. The lowest BCUT2D eigenvalue weighted by Gasteiger charge is -2.39. The number of likely N-dealkylation sites (N-methyl/N-ethyl adjacent to an activating group) is 1. The number of aryl methyl sites for hydroxylation is 1. The maximum absolute atomic E-state index is 13.9. The highest BCUT2D eigenvalue weighted by Crippen LogP contribution is 2.52. The second-order valence-corrected chi connectivity index (χ2v) is 8.02. The average Bonchev–Trinajstić information content (AvgIpc) is 2.85. The molecule has 1 fully saturated rings. The van der Waals surface area contributed by atoms with Gasteiger partial charge in [-0.25, -0.2) is 4.39 Å². The molecule has 0 radical (unpaired) electrons. The molecule has 1 saturated heterocycles. The molecule has 150 valence electrons. The summed E-state index contributed by atoms with van der Waals surface area (Å²) in [6, 6.07) is 7.49. The number of hydrogen-bond acceptors (Lipinski definition) is 3. The van der Waals surface area contributed by atoms with Crippen LogP contribution in [0.15, 0.2) is 30.3 Å². The van der Waals surface area contributed by atoms with Gasteiger partial charge in [0, 0.05) is 36.4 Å². The number of nitrogens with zero attached hydrogens (tertiary/aromatic N) is 1. The van der Waals surface area contributed by atoms with E-state index in [-0.39, 0.29) is 11.7 Å². The van der Waals surface area contributed by atoms with Crippen LogP contribution in [0.25, 0.3) is 0 Å². The Balaban J connectivity index is 1.84. The van der Waals surface area contributed by atoms with Crippen molar-refractivity contribution in [2.75, 3.05) is 30.4 Å². The van der Waals surface area contributed by atoms with Crippen molar-refractivity contribution >= 4 is 17.1 Å². The van der Waals surface area contributed by atoms with Gasteiger partial charge < -0.3 is 15.5 Å². The van der Waals surface area contributed by atoms with Crippen LogP contribution < -0.4 is 15.5 Å². The van der Waals surface area contributed by atoms with Gasteiger partial charge in [-0.2, -0.15) is 13.2 Å². The molecule has 0 amide bonds. The molecule has 28 heavy (non-hydrogen) atoms. The van der Waals surface area contributed by atoms with Crippen LogP contribution in [-0.2, 0) is 11.6 Å². The predicted octanol–water partition coefficient (Wildman–Crippen LogP) is 4.97. The van der Waals surface area contributed by atoms with Gasteiger partial charge in [0.2, 0.25) is 0 Å². The lowest BCUT2D eigenvalue weighted by molar-refractivity contribution is -0.137. The van der Waals surface area contributed by atoms with E-state index in [0.717, 1.165) is 19.0 Å². The Morgan fingerprint density at radius 2 is 1.93 bits per heavy atom. The minimum Gasteiger partial charge on any atom is -0.370 e. The summed E-state index contributed by atoms with van der Waals surface area (Å²) in [7, 11) is 1.75. The number of hydrogen-bond donors (Lipinski definition) is 2. The van der Waals surface area contributed by atoms with E-state index >= 15 is 0 Å². The first-order valence-electron chi connectivity index (χ1n) is 9.34. The monoisotopic (exact) mass is 393 g/mol. The number of rotatable bonds is 2. The van der Waals surface area contributed by atoms with Crippen LogP contribution in [0.3, 0.4) is 0 Å². The fraction of sp³-hybridized carbons (Fsp3) is 0.429. The van der Waals surface area contributed by atoms with Crippen LogP contribution >= 0.6 is 0 Å². The molecule has 2 N–H and O–H groups in total. The van der Waals surface area contributed by atoms with E-state index < -0.39 is 23.0 Å². The van der Waals surface area contributed by atoms with E-state index in [1.807, 2.05) is 6.92 Å². The summed E-state index contributed by atoms with van der Waals surface area (Å²) in [5.41, 5.74) is 1.08. The van der Waals surface area contributed by atoms with Crippen molar-refractivity contribution in [1.29, 1.82) is 0 Å². The molecule has 0 unspecified atom stereocenters. The van der Waals surface area contributed by atoms with Gasteiger partial charge in [0.15, 0.2) is 0 Å². The van der Waals surface area contributed by atoms with Crippen molar-refractivity contribution < 1.29 is 17.6 Å². The minimum atomic E-state index is -4.48. The van der Waals surface area contributed by atoms with Crippen LogP contribution in [0, 0.1) is 12.7 Å². The van der Waals surface area contributed by atoms with E-state index in [0.29, 0.717) is 29.0 Å². The van der Waals surface area contributed by atoms with Crippen molar-refractivity contribution in [1.82, 2.24) is 5.32 Å². The summed E-state index contributed by atoms with van der Waals surface area (Å²) in [5, 5.41) is 6.28. The van der Waals surface area contributed by atoms with Gasteiger partial charge in [-0.05, 0) is 55.3 Å². The van der Waals surface area contributed by atoms with E-state index in [2.05, 4.69) is 10.6 Å². The topological polar surface area (TPSA) is 27.3 Å². The first kappa shape index (κ1) is 19.1. The molecule has 2 atom stereocenters. The highest BCUT2D eigenvalue weighted by atomic mass is 19.4. The number of piperidine rings is 1. The quantitative estimate of drug-likeness (QED) is 0.706. The highest BCUT2D eigenvalue weighted by molar-refractivity contribution is 5.76. The summed E-state index contributed by atoms with van der Waals surface area (Å²) in [6.45, 7) is 5.06. The van der Waals surface area contributed by atoms with Gasteiger partial charge in [-0.15, -0.1) is 0 Å². The first-order chi connectivity index (χ1) is 13.1. The number of alkyl halides is 3. The molecule has 0 saturated carbocycles. The zero-order chi connectivity index (χ0) is 20.3. The van der Waals surface area contributed by atoms with E-state index in [9.17, 15) is 17.6 Å². The van der Waals surface area contributed by atoms with Gasteiger partial charge in [0.25, 0.3) is 0 Å². The normalized spacial score (nSPS) is 24.1. The fourth-order valence-electron chi connectivity index (χ4n) is 4.65. The molecule has 4 rings (SSSR count). The lowest BCUT2D eigenvalue weighted by Crippen LogP contribution is -2.53. The predicted molar refractivity (Wildman–Crippen MR) is 103 cm³/mol. The number of halogens is 4. The Morgan fingerprint density at radius 1 is 1.18 bits per heavy atom. The van der Waals surface area contributed by atoms with Gasteiger partial charge in [0.05, 0.1) is 11.3 Å². The Morgan fingerprint density at radius 3 is 2.61 bits per heavy atom. The molecule has 0 aromatic heterocycles. The maximum atomic E-state index is 13.9. The van der Waals surface area contributed by atoms with Crippen LogP contribution in [-0.4, -0.2) is 26.2 Å². The zero-order valence-electron chi connectivity index (χ0n) is 16.0. The Kier molecular flexibility index (Phi) is 4.34. The van der Waals surface area contributed by atoms with Crippen LogP contribution in [0.1, 0.15) is 30.0 Å². The third-order valence-corrected chi connectivity index (χ3v) is 6.13. The van der Waals surface area contributed by atoms with Crippen molar-refractivity contribution in [3.8, 4) is 0 Å². The number of benzene rings is 2. The minimum absolute atomic E-state index is 0.0110. The van der Waals surface area contributed by atoms with Gasteiger partial charge >= 0.3 is 6.18 Å². The molecule has 2 aliphatic heterocycles. The standard InChI is InChI=1S/C21H23F4N3/c1-12-4-5-13(10-17(12)22)27-14-8-15-19(16(9-14)21(23,24)25)28(3)18-6-7-26-11-20(15,18)2/h4-5,8-10,18,26-27H,6-7,11H2,1-3H3/t18-,20-/m0/s1. The maximum Gasteiger partial charge on any atom is 0.418 e. The molecule has 0 bridgehead atoms. The molecular formula is C21H23F4N3. The molecule has 2 aliphatic rings. The smallest absolute Gasteiger partial charge is 0.370 e. The Labute approximate surface area is 161 Å². The average molecular weight is 393 g/mol. The van der Waals surface area contributed by atoms with E-state index in [1.54, 1.807) is 37.1 Å². The van der Waals surface area contributed by atoms with E-state index in [1.165, 1.54) is 6.07 Å². The largest absolute Gasteiger partial charge is 0.418 e. The van der Waals surface area contributed by atoms with Crippen LogP contribution in [0.2, 0.25) is 0 Å². The Bertz CT molecular complexity index is 925. The third kappa shape index (κ3) is 2.92. The fourth-order valence-corrected chi connectivity index (χ4v) is 4.65. The summed E-state index contributed by atoms with van der Waals surface area (Å²) < 4.78 is 55.6. The molecular weight excluding hydrogens is 370 g/mol. The second-order valence-electron chi connectivity index (χ2n) is 8.02. The highest BCUT2D eigenvalue weighted by Gasteiger charge is 2.51. The first-order valence-corrected chi connectivity index (χ1v) is 9.34. The van der Waals surface area contributed by atoms with Crippen LogP contribution in [0.4, 0.5) is 34.6 Å². The molecule has 3 nitrogen and oxygen atoms in total. The molecule has 0 aliphatic carbocycles. The van der Waals surface area contributed by atoms with Crippen molar-refractivity contribution in [2.24, 2.45) is 0 Å². The molecule has 2 aromatic rings. The summed E-state index contributed by atoms with van der Waals surface area (Å²) in [5.74, 6) is -0.398. The second kappa shape index (κ2) is 6.37. The van der Waals surface area contributed by atoms with E-state index in [4.69, 9.17) is 0 Å². The van der Waals surface area contributed by atoms with Crippen molar-refractivity contribution in [3.63, 3.8) is 0 Å². The SMILES string of the molecule is Cc1ccc(Nc2cc(C(F)(F)F)c3c(c2)[C@]2(C)CNCC[C@@H]2N3C)cc1F. The third-order valence-electron chi connectivity index (χ3n) is 6.13. The summed E-state index contributed by atoms with van der Waals surface area (Å²) in [6.07, 6.45) is -3.70. The number of nitrogens with one attached hydrogen (secondary N) is 2. The molecule has 0 spiro atoms. The summed E-state index contributed by atoms with van der Waals surface area (Å²) >= 11 is 0. The molecule has 2 aromatic carbocycles. The van der Waals surface area contributed by atoms with Crippen molar-refractivity contribution in [3.05, 3.63) is 52.8 Å². The Hall–Kier alpha value is -2.28. The van der Waals surface area contributed by atoms with Crippen molar-refractivity contribution in [2.45, 2.75) is 37.9 Å². The number of anilines is 3. The summed E-state index contributed by atoms with van der Waals surface area (Å²) in [4.78, 5) is 1.79. The van der Waals surface area contributed by atoms with Gasteiger partial charge in [-0.3, -0.25) is 0 Å². The lowest BCUT2D eigenvalue weighted by atomic mass is 9.75.